The third-order valence-corrected chi connectivity index (χ3v) is 6.37. The SMILES string of the molecule is COc1cc(OC)c(C2SCCN2C(=O)C2CCCCC2)cc1OC. The van der Waals surface area contributed by atoms with Crippen LogP contribution in [0.2, 0.25) is 0 Å². The quantitative estimate of drug-likeness (QED) is 0.793. The molecule has 1 atom stereocenters. The van der Waals surface area contributed by atoms with Crippen LogP contribution in [0, 0.1) is 5.92 Å². The van der Waals surface area contributed by atoms with Crippen LogP contribution < -0.4 is 14.2 Å². The van der Waals surface area contributed by atoms with E-state index in [1.165, 1.54) is 19.3 Å². The number of methoxy groups -OCH3 is 3. The van der Waals surface area contributed by atoms with Gasteiger partial charge >= 0.3 is 0 Å². The second-order valence-electron chi connectivity index (χ2n) is 6.54. The first-order valence-electron chi connectivity index (χ1n) is 8.91. The summed E-state index contributed by atoms with van der Waals surface area (Å²) in [4.78, 5) is 15.1. The number of ether oxygens (including phenoxy) is 3. The molecule has 25 heavy (non-hydrogen) atoms. The van der Waals surface area contributed by atoms with E-state index in [1.54, 1.807) is 33.1 Å². The highest BCUT2D eigenvalue weighted by Gasteiger charge is 2.36. The summed E-state index contributed by atoms with van der Waals surface area (Å²) in [5, 5.41) is -0.0239. The Hall–Kier alpha value is -1.56. The molecule has 3 rings (SSSR count). The maximum Gasteiger partial charge on any atom is 0.226 e. The molecule has 0 spiro atoms. The van der Waals surface area contributed by atoms with E-state index in [2.05, 4.69) is 0 Å². The summed E-state index contributed by atoms with van der Waals surface area (Å²) in [5.41, 5.74) is 0.979. The zero-order valence-corrected chi connectivity index (χ0v) is 16.1. The van der Waals surface area contributed by atoms with Crippen LogP contribution in [0.15, 0.2) is 12.1 Å². The largest absolute Gasteiger partial charge is 0.496 e. The summed E-state index contributed by atoms with van der Waals surface area (Å²) in [6.45, 7) is 0.794. The lowest BCUT2D eigenvalue weighted by molar-refractivity contribution is -0.136. The van der Waals surface area contributed by atoms with Gasteiger partial charge in [-0.3, -0.25) is 4.79 Å². The molecule has 2 fully saturated rings. The second kappa shape index (κ2) is 8.21. The monoisotopic (exact) mass is 365 g/mol. The molecular formula is C19H27NO4S. The van der Waals surface area contributed by atoms with Gasteiger partial charge in [0.1, 0.15) is 11.1 Å². The van der Waals surface area contributed by atoms with Gasteiger partial charge in [-0.05, 0) is 18.9 Å². The van der Waals surface area contributed by atoms with E-state index in [0.29, 0.717) is 17.4 Å². The van der Waals surface area contributed by atoms with E-state index in [1.807, 2.05) is 17.0 Å². The van der Waals surface area contributed by atoms with Gasteiger partial charge in [0.15, 0.2) is 11.5 Å². The third-order valence-electron chi connectivity index (χ3n) is 5.13. The molecule has 1 aromatic carbocycles. The fourth-order valence-electron chi connectivity index (χ4n) is 3.78. The number of hydrogen-bond donors (Lipinski definition) is 0. The molecule has 1 amide bonds. The van der Waals surface area contributed by atoms with Crippen molar-refractivity contribution in [1.82, 2.24) is 4.90 Å². The average Bonchev–Trinajstić information content (AvgIpc) is 3.16. The molecule has 0 bridgehead atoms. The van der Waals surface area contributed by atoms with Crippen molar-refractivity contribution in [2.24, 2.45) is 5.92 Å². The van der Waals surface area contributed by atoms with Crippen LogP contribution in [-0.4, -0.2) is 44.4 Å². The van der Waals surface area contributed by atoms with Gasteiger partial charge in [-0.15, -0.1) is 11.8 Å². The van der Waals surface area contributed by atoms with Crippen molar-refractivity contribution in [2.45, 2.75) is 37.5 Å². The lowest BCUT2D eigenvalue weighted by atomic mass is 9.88. The zero-order chi connectivity index (χ0) is 17.8. The van der Waals surface area contributed by atoms with Crippen molar-refractivity contribution in [3.05, 3.63) is 17.7 Å². The number of rotatable bonds is 5. The van der Waals surface area contributed by atoms with Crippen LogP contribution in [0.5, 0.6) is 17.2 Å². The molecule has 1 heterocycles. The lowest BCUT2D eigenvalue weighted by Crippen LogP contribution is -2.36. The standard InChI is InChI=1S/C19H27NO4S/c1-22-15-12-17(24-3)16(23-2)11-14(15)19-20(9-10-25-19)18(21)13-7-5-4-6-8-13/h11-13,19H,4-10H2,1-3H3. The minimum absolute atomic E-state index is 0.0239. The Bertz CT molecular complexity index is 616. The molecule has 0 aromatic heterocycles. The lowest BCUT2D eigenvalue weighted by Gasteiger charge is -2.31. The van der Waals surface area contributed by atoms with Crippen LogP contribution in [0.4, 0.5) is 0 Å². The smallest absolute Gasteiger partial charge is 0.226 e. The molecule has 1 saturated heterocycles. The minimum Gasteiger partial charge on any atom is -0.496 e. The summed E-state index contributed by atoms with van der Waals surface area (Å²) in [6.07, 6.45) is 5.64. The normalized spacial score (nSPS) is 21.2. The number of amides is 1. The number of carbonyl (C=O) groups is 1. The highest BCUT2D eigenvalue weighted by Crippen LogP contribution is 2.46. The molecule has 1 aromatic rings. The molecule has 1 saturated carbocycles. The highest BCUT2D eigenvalue weighted by atomic mass is 32.2. The predicted molar refractivity (Wildman–Crippen MR) is 99.6 cm³/mol. The van der Waals surface area contributed by atoms with E-state index in [0.717, 1.165) is 36.5 Å². The minimum atomic E-state index is -0.0239. The summed E-state index contributed by atoms with van der Waals surface area (Å²) >= 11 is 1.79. The number of nitrogens with zero attached hydrogens (tertiary/aromatic N) is 1. The molecule has 1 unspecified atom stereocenters. The average molecular weight is 365 g/mol. The summed E-state index contributed by atoms with van der Waals surface area (Å²) in [5.74, 6) is 3.46. The van der Waals surface area contributed by atoms with Gasteiger partial charge in [0.2, 0.25) is 5.91 Å². The summed E-state index contributed by atoms with van der Waals surface area (Å²) in [6, 6.07) is 3.79. The van der Waals surface area contributed by atoms with E-state index in [9.17, 15) is 4.79 Å². The van der Waals surface area contributed by atoms with E-state index in [-0.39, 0.29) is 11.3 Å². The van der Waals surface area contributed by atoms with Gasteiger partial charge in [0, 0.05) is 29.8 Å². The predicted octanol–water partition coefficient (Wildman–Crippen LogP) is 3.87. The molecule has 1 aliphatic carbocycles. The van der Waals surface area contributed by atoms with E-state index < -0.39 is 0 Å². The number of carbonyl (C=O) groups excluding carboxylic acids is 1. The van der Waals surface area contributed by atoms with Gasteiger partial charge in [-0.2, -0.15) is 0 Å². The summed E-state index contributed by atoms with van der Waals surface area (Å²) < 4.78 is 16.4. The Morgan fingerprint density at radius 1 is 1.00 bits per heavy atom. The first kappa shape index (κ1) is 18.2. The highest BCUT2D eigenvalue weighted by molar-refractivity contribution is 7.99. The van der Waals surface area contributed by atoms with Gasteiger partial charge < -0.3 is 19.1 Å². The van der Waals surface area contributed by atoms with Crippen molar-refractivity contribution in [2.75, 3.05) is 33.6 Å². The van der Waals surface area contributed by atoms with Crippen LogP contribution in [0.3, 0.4) is 0 Å². The van der Waals surface area contributed by atoms with Crippen LogP contribution >= 0.6 is 11.8 Å². The fourth-order valence-corrected chi connectivity index (χ4v) is 5.06. The molecule has 138 valence electrons. The molecule has 0 radical (unpaired) electrons. The first-order valence-corrected chi connectivity index (χ1v) is 9.96. The van der Waals surface area contributed by atoms with Crippen LogP contribution in [0.25, 0.3) is 0 Å². The molecule has 2 aliphatic rings. The molecule has 6 heteroatoms. The van der Waals surface area contributed by atoms with Crippen molar-refractivity contribution < 1.29 is 19.0 Å². The van der Waals surface area contributed by atoms with Gasteiger partial charge in [-0.25, -0.2) is 0 Å². The van der Waals surface area contributed by atoms with Gasteiger partial charge in [0.05, 0.1) is 21.3 Å². The summed E-state index contributed by atoms with van der Waals surface area (Å²) in [7, 11) is 4.89. The second-order valence-corrected chi connectivity index (χ2v) is 7.73. The number of thioether (sulfide) groups is 1. The van der Waals surface area contributed by atoms with Gasteiger partial charge in [0.25, 0.3) is 0 Å². The Kier molecular flexibility index (Phi) is 5.99. The van der Waals surface area contributed by atoms with Crippen molar-refractivity contribution >= 4 is 17.7 Å². The number of hydrogen-bond acceptors (Lipinski definition) is 5. The van der Waals surface area contributed by atoms with Crippen molar-refractivity contribution in [3.63, 3.8) is 0 Å². The fraction of sp³-hybridized carbons (Fsp3) is 0.632. The first-order chi connectivity index (χ1) is 12.2. The van der Waals surface area contributed by atoms with Crippen molar-refractivity contribution in [1.29, 1.82) is 0 Å². The molecule has 5 nitrogen and oxygen atoms in total. The van der Waals surface area contributed by atoms with Crippen LogP contribution in [-0.2, 0) is 4.79 Å². The molecule has 0 N–H and O–H groups in total. The van der Waals surface area contributed by atoms with Crippen LogP contribution in [0.1, 0.15) is 43.0 Å². The van der Waals surface area contributed by atoms with Crippen molar-refractivity contribution in [3.8, 4) is 17.2 Å². The van der Waals surface area contributed by atoms with Gasteiger partial charge in [-0.1, -0.05) is 19.3 Å². The Morgan fingerprint density at radius 2 is 1.64 bits per heavy atom. The number of benzene rings is 1. The molecular weight excluding hydrogens is 338 g/mol. The zero-order valence-electron chi connectivity index (χ0n) is 15.2. The Balaban J connectivity index is 1.89. The third kappa shape index (κ3) is 3.68. The maximum absolute atomic E-state index is 13.1. The maximum atomic E-state index is 13.1. The Morgan fingerprint density at radius 3 is 2.28 bits per heavy atom. The van der Waals surface area contributed by atoms with E-state index in [4.69, 9.17) is 14.2 Å². The van der Waals surface area contributed by atoms with E-state index >= 15 is 0 Å². The topological polar surface area (TPSA) is 48.0 Å². The Labute approximate surface area is 154 Å². The molecule has 1 aliphatic heterocycles.